The van der Waals surface area contributed by atoms with E-state index >= 15 is 0 Å². The summed E-state index contributed by atoms with van der Waals surface area (Å²) in [4.78, 5) is 11.1. The lowest BCUT2D eigenvalue weighted by atomic mass is 10.2. The second-order valence-electron chi connectivity index (χ2n) is 3.70. The summed E-state index contributed by atoms with van der Waals surface area (Å²) < 4.78 is 1.55. The monoisotopic (exact) mass is 274 g/mol. The van der Waals surface area contributed by atoms with E-state index in [1.165, 1.54) is 12.4 Å². The molecule has 1 aromatic carbocycles. The summed E-state index contributed by atoms with van der Waals surface area (Å²) in [5, 5.41) is 23.1. The van der Waals surface area contributed by atoms with Crippen LogP contribution in [0.4, 0.5) is 5.69 Å². The zero-order chi connectivity index (χ0) is 13.7. The minimum Gasteiger partial charge on any atom is -0.265 e. The van der Waals surface area contributed by atoms with Crippen LogP contribution < -0.4 is 0 Å². The van der Waals surface area contributed by atoms with Gasteiger partial charge in [0.15, 0.2) is 0 Å². The molecular formula is C12H10N4O2S. The van der Waals surface area contributed by atoms with Crippen molar-refractivity contribution in [3.05, 3.63) is 52.3 Å². The van der Waals surface area contributed by atoms with Crippen molar-refractivity contribution in [1.82, 2.24) is 9.78 Å². The molecule has 0 N–H and O–H groups in total. The molecule has 1 aromatic heterocycles. The molecule has 6 nitrogen and oxygen atoms in total. The van der Waals surface area contributed by atoms with E-state index in [1.807, 2.05) is 12.1 Å². The third-order valence-electron chi connectivity index (χ3n) is 2.40. The standard InChI is InChI=1S/C12H10N4O2S/c13-7-10-1-3-12(4-2-10)19-6-5-15-9-11(8-14-15)16(17)18/h1-4,8-9H,5-6H2. The van der Waals surface area contributed by atoms with Crippen LogP contribution in [0.2, 0.25) is 0 Å². The lowest BCUT2D eigenvalue weighted by Crippen LogP contribution is -2.00. The molecule has 0 unspecified atom stereocenters. The number of rotatable bonds is 5. The molecule has 0 aliphatic carbocycles. The minimum atomic E-state index is -0.461. The highest BCUT2D eigenvalue weighted by atomic mass is 32.2. The Bertz CT molecular complexity index is 615. The largest absolute Gasteiger partial charge is 0.306 e. The molecule has 0 saturated carbocycles. The van der Waals surface area contributed by atoms with E-state index in [9.17, 15) is 10.1 Å². The topological polar surface area (TPSA) is 84.8 Å². The van der Waals surface area contributed by atoms with Gasteiger partial charge in [0.25, 0.3) is 0 Å². The number of nitrogens with zero attached hydrogens (tertiary/aromatic N) is 4. The first kappa shape index (κ1) is 13.1. The molecule has 0 spiro atoms. The molecule has 19 heavy (non-hydrogen) atoms. The summed E-state index contributed by atoms with van der Waals surface area (Å²) in [6, 6.07) is 9.36. The molecular weight excluding hydrogens is 264 g/mol. The molecule has 2 aromatic rings. The molecule has 7 heteroatoms. The summed E-state index contributed by atoms with van der Waals surface area (Å²) in [5.41, 5.74) is 0.635. The molecule has 2 rings (SSSR count). The molecule has 0 radical (unpaired) electrons. The lowest BCUT2D eigenvalue weighted by molar-refractivity contribution is -0.385. The van der Waals surface area contributed by atoms with Crippen molar-refractivity contribution < 1.29 is 4.92 Å². The highest BCUT2D eigenvalue weighted by molar-refractivity contribution is 7.99. The highest BCUT2D eigenvalue weighted by Crippen LogP contribution is 2.18. The molecule has 0 aliphatic rings. The van der Waals surface area contributed by atoms with Gasteiger partial charge >= 0.3 is 5.69 Å². The number of thioether (sulfide) groups is 1. The summed E-state index contributed by atoms with van der Waals surface area (Å²) in [5.74, 6) is 0.755. The van der Waals surface area contributed by atoms with Crippen molar-refractivity contribution in [2.45, 2.75) is 11.4 Å². The van der Waals surface area contributed by atoms with E-state index in [0.717, 1.165) is 10.6 Å². The Labute approximate surface area is 113 Å². The summed E-state index contributed by atoms with van der Waals surface area (Å²) in [6.07, 6.45) is 2.66. The van der Waals surface area contributed by atoms with Gasteiger partial charge in [-0.15, -0.1) is 11.8 Å². The first-order chi connectivity index (χ1) is 9.19. The van der Waals surface area contributed by atoms with Crippen LogP contribution in [-0.4, -0.2) is 20.5 Å². The summed E-state index contributed by atoms with van der Waals surface area (Å²) in [7, 11) is 0. The van der Waals surface area contributed by atoms with Crippen molar-refractivity contribution in [3.63, 3.8) is 0 Å². The fourth-order valence-electron chi connectivity index (χ4n) is 1.45. The van der Waals surface area contributed by atoms with E-state index in [1.54, 1.807) is 28.6 Å². The maximum atomic E-state index is 10.5. The third kappa shape index (κ3) is 3.56. The van der Waals surface area contributed by atoms with E-state index in [2.05, 4.69) is 11.2 Å². The predicted octanol–water partition coefficient (Wildman–Crippen LogP) is 2.46. The maximum Gasteiger partial charge on any atom is 0.306 e. The van der Waals surface area contributed by atoms with Gasteiger partial charge in [-0.3, -0.25) is 14.8 Å². The van der Waals surface area contributed by atoms with Crippen LogP contribution in [0.1, 0.15) is 5.56 Å². The van der Waals surface area contributed by atoms with Gasteiger partial charge in [0, 0.05) is 10.6 Å². The summed E-state index contributed by atoms with van der Waals surface area (Å²) in [6.45, 7) is 0.596. The van der Waals surface area contributed by atoms with Gasteiger partial charge in [-0.25, -0.2) is 0 Å². The fourth-order valence-corrected chi connectivity index (χ4v) is 2.29. The molecule has 0 amide bonds. The van der Waals surface area contributed by atoms with E-state index in [0.29, 0.717) is 12.1 Å². The zero-order valence-corrected chi connectivity index (χ0v) is 10.7. The van der Waals surface area contributed by atoms with Gasteiger partial charge in [0.2, 0.25) is 0 Å². The van der Waals surface area contributed by atoms with Crippen LogP contribution in [0.25, 0.3) is 0 Å². The van der Waals surface area contributed by atoms with E-state index < -0.39 is 4.92 Å². The van der Waals surface area contributed by atoms with E-state index in [4.69, 9.17) is 5.26 Å². The van der Waals surface area contributed by atoms with Crippen LogP contribution in [0.15, 0.2) is 41.6 Å². The second-order valence-corrected chi connectivity index (χ2v) is 4.87. The highest BCUT2D eigenvalue weighted by Gasteiger charge is 2.08. The Kier molecular flexibility index (Phi) is 4.15. The molecule has 0 atom stereocenters. The fraction of sp³-hybridized carbons (Fsp3) is 0.167. The predicted molar refractivity (Wildman–Crippen MR) is 70.8 cm³/mol. The number of benzene rings is 1. The van der Waals surface area contributed by atoms with Crippen LogP contribution in [0.3, 0.4) is 0 Å². The Hall–Kier alpha value is -2.33. The van der Waals surface area contributed by atoms with Crippen molar-refractivity contribution in [3.8, 4) is 6.07 Å². The number of hydrogen-bond acceptors (Lipinski definition) is 5. The Morgan fingerprint density at radius 2 is 2.16 bits per heavy atom. The number of hydrogen-bond donors (Lipinski definition) is 0. The first-order valence-corrected chi connectivity index (χ1v) is 6.47. The van der Waals surface area contributed by atoms with Crippen molar-refractivity contribution >= 4 is 17.4 Å². The van der Waals surface area contributed by atoms with Gasteiger partial charge in [-0.05, 0) is 24.3 Å². The SMILES string of the molecule is N#Cc1ccc(SCCn2cc([N+](=O)[O-])cn2)cc1. The molecule has 1 heterocycles. The van der Waals surface area contributed by atoms with Crippen LogP contribution in [0, 0.1) is 21.4 Å². The van der Waals surface area contributed by atoms with Crippen LogP contribution in [0.5, 0.6) is 0 Å². The van der Waals surface area contributed by atoms with Gasteiger partial charge in [-0.2, -0.15) is 10.4 Å². The minimum absolute atomic E-state index is 0.00312. The Morgan fingerprint density at radius 1 is 1.42 bits per heavy atom. The van der Waals surface area contributed by atoms with Gasteiger partial charge in [0.1, 0.15) is 12.4 Å². The quantitative estimate of drug-likeness (QED) is 0.475. The molecule has 96 valence electrons. The van der Waals surface area contributed by atoms with E-state index in [-0.39, 0.29) is 5.69 Å². The number of aromatic nitrogens is 2. The van der Waals surface area contributed by atoms with Gasteiger partial charge in [-0.1, -0.05) is 0 Å². The van der Waals surface area contributed by atoms with Gasteiger partial charge < -0.3 is 0 Å². The molecule has 0 bridgehead atoms. The lowest BCUT2D eigenvalue weighted by Gasteiger charge is -2.01. The second kappa shape index (κ2) is 6.02. The normalized spacial score (nSPS) is 10.1. The molecule has 0 fully saturated rings. The van der Waals surface area contributed by atoms with Crippen LogP contribution in [-0.2, 0) is 6.54 Å². The third-order valence-corrected chi connectivity index (χ3v) is 3.40. The molecule has 0 aliphatic heterocycles. The first-order valence-electron chi connectivity index (χ1n) is 5.49. The summed E-state index contributed by atoms with van der Waals surface area (Å²) >= 11 is 1.61. The average Bonchev–Trinajstić information content (AvgIpc) is 2.89. The van der Waals surface area contributed by atoms with Gasteiger partial charge in [0.05, 0.1) is 23.1 Å². The van der Waals surface area contributed by atoms with Crippen LogP contribution >= 0.6 is 11.8 Å². The number of nitriles is 1. The smallest absolute Gasteiger partial charge is 0.265 e. The number of aryl methyl sites for hydroxylation is 1. The average molecular weight is 274 g/mol. The Balaban J connectivity index is 1.85. The van der Waals surface area contributed by atoms with Crippen molar-refractivity contribution in [2.24, 2.45) is 0 Å². The zero-order valence-electron chi connectivity index (χ0n) is 9.89. The van der Waals surface area contributed by atoms with Crippen molar-refractivity contribution in [2.75, 3.05) is 5.75 Å². The van der Waals surface area contributed by atoms with Crippen molar-refractivity contribution in [1.29, 1.82) is 5.26 Å². The Morgan fingerprint density at radius 3 is 2.74 bits per heavy atom. The maximum absolute atomic E-state index is 10.5. The number of nitro groups is 1. The molecule has 0 saturated heterocycles.